The molecule has 2 aromatic rings. The summed E-state index contributed by atoms with van der Waals surface area (Å²) in [5.74, 6) is 0.733. The smallest absolute Gasteiger partial charge is 0.163 e. The number of aryl methyl sites for hydroxylation is 1. The standard InChI is InChI=1S/C14H23N3O2Si/c1-11-13-14(12(18-2)8-15-11)17(9-16-13)10-19-6-7-20(3,4)5/h8-9H,6-7,10H2,1-5H3. The van der Waals surface area contributed by atoms with Crippen LogP contribution in [-0.4, -0.2) is 36.3 Å². The molecule has 0 unspecified atom stereocenters. The van der Waals surface area contributed by atoms with Gasteiger partial charge in [0.1, 0.15) is 17.8 Å². The zero-order valence-electron chi connectivity index (χ0n) is 12.9. The molecule has 0 aliphatic carbocycles. The molecule has 0 saturated heterocycles. The van der Waals surface area contributed by atoms with Gasteiger partial charge in [0.25, 0.3) is 0 Å². The minimum absolute atomic E-state index is 0.501. The number of methoxy groups -OCH3 is 1. The summed E-state index contributed by atoms with van der Waals surface area (Å²) < 4.78 is 13.1. The Morgan fingerprint density at radius 2 is 2.00 bits per heavy atom. The van der Waals surface area contributed by atoms with Gasteiger partial charge in [-0.1, -0.05) is 19.6 Å². The Hall–Kier alpha value is -1.40. The molecule has 0 aromatic carbocycles. The molecule has 0 bridgehead atoms. The Morgan fingerprint density at radius 3 is 2.65 bits per heavy atom. The summed E-state index contributed by atoms with van der Waals surface area (Å²) in [5.41, 5.74) is 2.73. The van der Waals surface area contributed by atoms with E-state index in [2.05, 4.69) is 29.6 Å². The second kappa shape index (κ2) is 5.93. The van der Waals surface area contributed by atoms with Gasteiger partial charge in [0.15, 0.2) is 5.75 Å². The molecule has 20 heavy (non-hydrogen) atoms. The van der Waals surface area contributed by atoms with Crippen LogP contribution in [0, 0.1) is 6.92 Å². The number of hydrogen-bond donors (Lipinski definition) is 0. The van der Waals surface area contributed by atoms with Crippen molar-refractivity contribution in [3.63, 3.8) is 0 Å². The average Bonchev–Trinajstić information content (AvgIpc) is 2.79. The van der Waals surface area contributed by atoms with Crippen LogP contribution < -0.4 is 4.74 Å². The second-order valence-corrected chi connectivity index (χ2v) is 11.8. The van der Waals surface area contributed by atoms with Crippen LogP contribution in [0.3, 0.4) is 0 Å². The van der Waals surface area contributed by atoms with Crippen molar-refractivity contribution in [2.24, 2.45) is 0 Å². The fourth-order valence-electron chi connectivity index (χ4n) is 1.97. The summed E-state index contributed by atoms with van der Waals surface area (Å²) in [4.78, 5) is 8.69. The zero-order chi connectivity index (χ0) is 14.8. The fourth-order valence-corrected chi connectivity index (χ4v) is 2.73. The first-order valence-corrected chi connectivity index (χ1v) is 10.6. The van der Waals surface area contributed by atoms with E-state index in [4.69, 9.17) is 9.47 Å². The van der Waals surface area contributed by atoms with Crippen molar-refractivity contribution in [3.8, 4) is 5.75 Å². The molecule has 0 amide bonds. The molecule has 0 aliphatic rings. The summed E-state index contributed by atoms with van der Waals surface area (Å²) in [7, 11) is 0.604. The summed E-state index contributed by atoms with van der Waals surface area (Å²) in [5, 5.41) is 0. The number of pyridine rings is 1. The van der Waals surface area contributed by atoms with Gasteiger partial charge in [-0.3, -0.25) is 4.98 Å². The number of imidazole rings is 1. The van der Waals surface area contributed by atoms with E-state index in [0.29, 0.717) is 6.73 Å². The molecule has 0 N–H and O–H groups in total. The van der Waals surface area contributed by atoms with Crippen LogP contribution in [0.15, 0.2) is 12.5 Å². The van der Waals surface area contributed by atoms with E-state index in [1.54, 1.807) is 19.6 Å². The Labute approximate surface area is 120 Å². The quantitative estimate of drug-likeness (QED) is 0.606. The lowest BCUT2D eigenvalue weighted by Gasteiger charge is -2.15. The highest BCUT2D eigenvalue weighted by molar-refractivity contribution is 6.76. The lowest BCUT2D eigenvalue weighted by Crippen LogP contribution is -2.22. The monoisotopic (exact) mass is 293 g/mol. The average molecular weight is 293 g/mol. The van der Waals surface area contributed by atoms with Crippen molar-refractivity contribution < 1.29 is 9.47 Å². The normalized spacial score (nSPS) is 12.1. The van der Waals surface area contributed by atoms with E-state index in [-0.39, 0.29) is 0 Å². The Morgan fingerprint density at radius 1 is 1.25 bits per heavy atom. The first-order valence-electron chi connectivity index (χ1n) is 6.84. The van der Waals surface area contributed by atoms with Crippen LogP contribution in [0.1, 0.15) is 5.69 Å². The molecule has 6 heteroatoms. The highest BCUT2D eigenvalue weighted by Gasteiger charge is 2.14. The predicted octanol–water partition coefficient (Wildman–Crippen LogP) is 3.06. The van der Waals surface area contributed by atoms with Gasteiger partial charge in [0.2, 0.25) is 0 Å². The molecular formula is C14H23N3O2Si. The van der Waals surface area contributed by atoms with Crippen LogP contribution in [0.5, 0.6) is 5.75 Å². The van der Waals surface area contributed by atoms with Gasteiger partial charge in [-0.15, -0.1) is 0 Å². The Balaban J connectivity index is 2.13. The van der Waals surface area contributed by atoms with Gasteiger partial charge in [-0.05, 0) is 13.0 Å². The van der Waals surface area contributed by atoms with Crippen molar-refractivity contribution in [2.45, 2.75) is 39.3 Å². The third-order valence-corrected chi connectivity index (χ3v) is 4.94. The van der Waals surface area contributed by atoms with Crippen LogP contribution in [-0.2, 0) is 11.5 Å². The number of ether oxygens (including phenoxy) is 2. The molecule has 2 rings (SSSR count). The van der Waals surface area contributed by atoms with E-state index in [1.165, 1.54) is 0 Å². The highest BCUT2D eigenvalue weighted by atomic mass is 28.3. The maximum atomic E-state index is 5.78. The number of nitrogens with zero attached hydrogens (tertiary/aromatic N) is 3. The molecule has 0 aliphatic heterocycles. The lowest BCUT2D eigenvalue weighted by molar-refractivity contribution is 0.0896. The third-order valence-electron chi connectivity index (χ3n) is 3.24. The molecule has 0 saturated carbocycles. The molecule has 0 radical (unpaired) electrons. The van der Waals surface area contributed by atoms with Crippen molar-refractivity contribution in [2.75, 3.05) is 13.7 Å². The van der Waals surface area contributed by atoms with Crippen LogP contribution in [0.2, 0.25) is 25.7 Å². The highest BCUT2D eigenvalue weighted by Crippen LogP contribution is 2.25. The van der Waals surface area contributed by atoms with Gasteiger partial charge >= 0.3 is 0 Å². The summed E-state index contributed by atoms with van der Waals surface area (Å²) in [6.45, 7) is 10.3. The molecule has 2 heterocycles. The summed E-state index contributed by atoms with van der Waals surface area (Å²) >= 11 is 0. The van der Waals surface area contributed by atoms with Gasteiger partial charge in [0, 0.05) is 14.7 Å². The summed E-state index contributed by atoms with van der Waals surface area (Å²) in [6, 6.07) is 1.16. The first-order chi connectivity index (χ1) is 9.42. The van der Waals surface area contributed by atoms with Gasteiger partial charge < -0.3 is 14.0 Å². The minimum Gasteiger partial charge on any atom is -0.493 e. The molecule has 5 nitrogen and oxygen atoms in total. The zero-order valence-corrected chi connectivity index (χ0v) is 13.9. The third kappa shape index (κ3) is 3.37. The van der Waals surface area contributed by atoms with Gasteiger partial charge in [0.05, 0.1) is 25.3 Å². The number of aromatic nitrogens is 3. The molecular weight excluding hydrogens is 270 g/mol. The summed E-state index contributed by atoms with van der Waals surface area (Å²) in [6.07, 6.45) is 3.52. The fraction of sp³-hybridized carbons (Fsp3) is 0.571. The van der Waals surface area contributed by atoms with Gasteiger partial charge in [-0.25, -0.2) is 4.98 Å². The molecule has 0 fully saturated rings. The number of hydrogen-bond acceptors (Lipinski definition) is 4. The van der Waals surface area contributed by atoms with E-state index in [1.807, 2.05) is 11.5 Å². The topological polar surface area (TPSA) is 49.2 Å². The SMILES string of the molecule is COc1cnc(C)c2ncn(COCC[Si](C)(C)C)c12. The molecule has 110 valence electrons. The predicted molar refractivity (Wildman–Crippen MR) is 82.9 cm³/mol. The lowest BCUT2D eigenvalue weighted by atomic mass is 10.3. The van der Waals surface area contributed by atoms with Gasteiger partial charge in [-0.2, -0.15) is 0 Å². The largest absolute Gasteiger partial charge is 0.493 e. The molecule has 0 spiro atoms. The second-order valence-electron chi connectivity index (χ2n) is 6.17. The van der Waals surface area contributed by atoms with E-state index in [9.17, 15) is 0 Å². The van der Waals surface area contributed by atoms with Crippen molar-refractivity contribution in [1.29, 1.82) is 0 Å². The molecule has 0 atom stereocenters. The van der Waals surface area contributed by atoms with Crippen LogP contribution in [0.25, 0.3) is 11.0 Å². The maximum Gasteiger partial charge on any atom is 0.163 e. The van der Waals surface area contributed by atoms with E-state index in [0.717, 1.165) is 35.1 Å². The van der Waals surface area contributed by atoms with Crippen LogP contribution in [0.4, 0.5) is 0 Å². The number of rotatable bonds is 6. The first kappa shape index (κ1) is 15.0. The Kier molecular flexibility index (Phi) is 4.44. The minimum atomic E-state index is -1.04. The maximum absolute atomic E-state index is 5.78. The van der Waals surface area contributed by atoms with Crippen molar-refractivity contribution >= 4 is 19.1 Å². The Bertz CT molecular complexity index is 590. The van der Waals surface area contributed by atoms with Crippen molar-refractivity contribution in [1.82, 2.24) is 14.5 Å². The van der Waals surface area contributed by atoms with Crippen LogP contribution >= 0.6 is 0 Å². The van der Waals surface area contributed by atoms with Crippen molar-refractivity contribution in [3.05, 3.63) is 18.2 Å². The number of fused-ring (bicyclic) bond motifs is 1. The van der Waals surface area contributed by atoms with E-state index >= 15 is 0 Å². The molecule has 2 aromatic heterocycles. The van der Waals surface area contributed by atoms with E-state index < -0.39 is 8.07 Å².